The van der Waals surface area contributed by atoms with Gasteiger partial charge < -0.3 is 5.73 Å². The summed E-state index contributed by atoms with van der Waals surface area (Å²) in [6.45, 7) is 0. The van der Waals surface area contributed by atoms with Crippen LogP contribution in [-0.4, -0.2) is 6.04 Å². The minimum atomic E-state index is 0.558. The molecule has 5 rings (SSSR count). The van der Waals surface area contributed by atoms with E-state index in [9.17, 15) is 0 Å². The number of rotatable bonds is 1. The summed E-state index contributed by atoms with van der Waals surface area (Å²) < 4.78 is 0. The van der Waals surface area contributed by atoms with Gasteiger partial charge in [0.2, 0.25) is 0 Å². The molecule has 1 heteroatoms. The van der Waals surface area contributed by atoms with Crippen LogP contribution in [0.4, 0.5) is 0 Å². The van der Waals surface area contributed by atoms with Gasteiger partial charge in [0.1, 0.15) is 0 Å². The highest BCUT2D eigenvalue weighted by molar-refractivity contribution is 5.07. The molecule has 0 aromatic carbocycles. The van der Waals surface area contributed by atoms with E-state index in [1.807, 2.05) is 0 Å². The maximum atomic E-state index is 5.99. The van der Waals surface area contributed by atoms with Gasteiger partial charge in [0.05, 0.1) is 0 Å². The molecule has 84 valence electrons. The fraction of sp³-hybridized carbons (Fsp3) is 1.00. The Labute approximate surface area is 92.8 Å². The quantitative estimate of drug-likeness (QED) is 0.700. The van der Waals surface area contributed by atoms with Crippen LogP contribution in [-0.2, 0) is 0 Å². The van der Waals surface area contributed by atoms with Gasteiger partial charge in [-0.1, -0.05) is 0 Å². The Kier molecular flexibility index (Phi) is 1.68. The smallest absolute Gasteiger partial charge is 0.00445 e. The number of nitrogens with two attached hydrogens (primary N) is 1. The second kappa shape index (κ2) is 2.80. The molecule has 0 aromatic heterocycles. The van der Waals surface area contributed by atoms with Crippen LogP contribution in [0.3, 0.4) is 0 Å². The average molecular weight is 205 g/mol. The molecule has 0 aromatic rings. The van der Waals surface area contributed by atoms with E-state index in [0.29, 0.717) is 6.04 Å². The zero-order valence-electron chi connectivity index (χ0n) is 9.62. The zero-order chi connectivity index (χ0) is 10.0. The Morgan fingerprint density at radius 1 is 0.733 bits per heavy atom. The molecule has 5 saturated carbocycles. The molecule has 0 heterocycles. The van der Waals surface area contributed by atoms with E-state index in [1.165, 1.54) is 12.8 Å². The third-order valence-corrected chi connectivity index (χ3v) is 6.13. The first-order valence-electron chi connectivity index (χ1n) is 6.99. The zero-order valence-corrected chi connectivity index (χ0v) is 9.62. The van der Waals surface area contributed by atoms with Crippen molar-refractivity contribution in [1.82, 2.24) is 0 Å². The second-order valence-corrected chi connectivity index (χ2v) is 7.21. The van der Waals surface area contributed by atoms with Gasteiger partial charge in [-0.2, -0.15) is 0 Å². The lowest BCUT2D eigenvalue weighted by molar-refractivity contribution is -0.110. The lowest BCUT2D eigenvalue weighted by Crippen LogP contribution is -2.54. The fourth-order valence-electron chi connectivity index (χ4n) is 5.84. The highest BCUT2D eigenvalue weighted by Gasteiger charge is 2.55. The van der Waals surface area contributed by atoms with Crippen molar-refractivity contribution >= 4 is 0 Å². The Hall–Kier alpha value is -0.0400. The molecule has 0 aliphatic heterocycles. The summed E-state index contributed by atoms with van der Waals surface area (Å²) in [5.41, 5.74) is 6.78. The molecule has 1 nitrogen and oxygen atoms in total. The maximum Gasteiger partial charge on any atom is 0.00445 e. The SMILES string of the molecule is NC1CC(C23CC4CC(CC(C4)C2)C3)C1. The topological polar surface area (TPSA) is 26.0 Å². The summed E-state index contributed by atoms with van der Waals surface area (Å²) in [7, 11) is 0. The van der Waals surface area contributed by atoms with Crippen molar-refractivity contribution < 1.29 is 0 Å². The molecule has 2 N–H and O–H groups in total. The molecule has 0 amide bonds. The van der Waals surface area contributed by atoms with Crippen LogP contribution in [0.1, 0.15) is 51.4 Å². The van der Waals surface area contributed by atoms with E-state index in [1.54, 1.807) is 38.5 Å². The van der Waals surface area contributed by atoms with Gasteiger partial charge in [0, 0.05) is 6.04 Å². The Bertz CT molecular complexity index is 242. The molecule has 0 unspecified atom stereocenters. The van der Waals surface area contributed by atoms with E-state index in [-0.39, 0.29) is 0 Å². The summed E-state index contributed by atoms with van der Waals surface area (Å²) in [6.07, 6.45) is 12.2. The predicted molar refractivity (Wildman–Crippen MR) is 61.3 cm³/mol. The summed E-state index contributed by atoms with van der Waals surface area (Å²) in [5.74, 6) is 4.38. The van der Waals surface area contributed by atoms with Crippen molar-refractivity contribution in [1.29, 1.82) is 0 Å². The average Bonchev–Trinajstić information content (AvgIpc) is 2.10. The van der Waals surface area contributed by atoms with Crippen LogP contribution in [0.25, 0.3) is 0 Å². The van der Waals surface area contributed by atoms with Crippen LogP contribution in [0.5, 0.6) is 0 Å². The largest absolute Gasteiger partial charge is 0.328 e. The molecule has 5 fully saturated rings. The van der Waals surface area contributed by atoms with Crippen molar-refractivity contribution in [2.24, 2.45) is 34.8 Å². The molecule has 5 aliphatic rings. The fourth-order valence-corrected chi connectivity index (χ4v) is 5.84. The minimum absolute atomic E-state index is 0.558. The molecular weight excluding hydrogens is 182 g/mol. The van der Waals surface area contributed by atoms with E-state index in [4.69, 9.17) is 5.73 Å². The van der Waals surface area contributed by atoms with Crippen LogP contribution in [0.15, 0.2) is 0 Å². The van der Waals surface area contributed by atoms with Gasteiger partial charge in [-0.05, 0) is 80.5 Å². The van der Waals surface area contributed by atoms with Crippen molar-refractivity contribution in [3.8, 4) is 0 Å². The first kappa shape index (κ1) is 9.04. The van der Waals surface area contributed by atoms with Gasteiger partial charge in [-0.15, -0.1) is 0 Å². The first-order valence-corrected chi connectivity index (χ1v) is 6.99. The van der Waals surface area contributed by atoms with Gasteiger partial charge in [-0.25, -0.2) is 0 Å². The highest BCUT2D eigenvalue weighted by Crippen LogP contribution is 2.65. The summed E-state index contributed by atoms with van der Waals surface area (Å²) >= 11 is 0. The van der Waals surface area contributed by atoms with E-state index < -0.39 is 0 Å². The third kappa shape index (κ3) is 1.19. The van der Waals surface area contributed by atoms with Gasteiger partial charge in [0.15, 0.2) is 0 Å². The highest BCUT2D eigenvalue weighted by atomic mass is 14.7. The molecule has 0 atom stereocenters. The summed E-state index contributed by atoms with van der Waals surface area (Å²) in [5, 5.41) is 0. The minimum Gasteiger partial charge on any atom is -0.328 e. The predicted octanol–water partition coefficient (Wildman–Crippen LogP) is 2.94. The van der Waals surface area contributed by atoms with Crippen LogP contribution in [0, 0.1) is 29.1 Å². The molecular formula is C14H23N. The Morgan fingerprint density at radius 2 is 1.20 bits per heavy atom. The van der Waals surface area contributed by atoms with Crippen LogP contribution < -0.4 is 5.73 Å². The standard InChI is InChI=1S/C14H23N/c15-13-4-12(5-13)14-6-9-1-10(7-14)3-11(2-9)8-14/h9-13H,1-8,15H2. The van der Waals surface area contributed by atoms with Crippen LogP contribution >= 0.6 is 0 Å². The molecule has 4 bridgehead atoms. The van der Waals surface area contributed by atoms with E-state index >= 15 is 0 Å². The molecule has 0 saturated heterocycles. The van der Waals surface area contributed by atoms with Crippen molar-refractivity contribution in [3.63, 3.8) is 0 Å². The number of hydrogen-bond acceptors (Lipinski definition) is 1. The third-order valence-electron chi connectivity index (χ3n) is 6.13. The lowest BCUT2D eigenvalue weighted by atomic mass is 9.44. The van der Waals surface area contributed by atoms with Crippen molar-refractivity contribution in [2.75, 3.05) is 0 Å². The maximum absolute atomic E-state index is 5.99. The van der Waals surface area contributed by atoms with E-state index in [0.717, 1.165) is 29.1 Å². The van der Waals surface area contributed by atoms with Crippen LogP contribution in [0.2, 0.25) is 0 Å². The molecule has 0 spiro atoms. The van der Waals surface area contributed by atoms with E-state index in [2.05, 4.69) is 0 Å². The van der Waals surface area contributed by atoms with Crippen molar-refractivity contribution in [3.05, 3.63) is 0 Å². The molecule has 0 radical (unpaired) electrons. The van der Waals surface area contributed by atoms with Gasteiger partial charge in [0.25, 0.3) is 0 Å². The lowest BCUT2D eigenvalue weighted by Gasteiger charge is -2.62. The van der Waals surface area contributed by atoms with Crippen molar-refractivity contribution in [2.45, 2.75) is 57.4 Å². The second-order valence-electron chi connectivity index (χ2n) is 7.21. The molecule has 15 heavy (non-hydrogen) atoms. The number of hydrogen-bond donors (Lipinski definition) is 1. The molecule has 5 aliphatic carbocycles. The summed E-state index contributed by atoms with van der Waals surface area (Å²) in [4.78, 5) is 0. The first-order chi connectivity index (χ1) is 7.23. The summed E-state index contributed by atoms with van der Waals surface area (Å²) in [6, 6.07) is 0.558. The monoisotopic (exact) mass is 205 g/mol. The van der Waals surface area contributed by atoms with Gasteiger partial charge >= 0.3 is 0 Å². The normalized spacial score (nSPS) is 61.8. The Balaban J connectivity index is 1.61. The Morgan fingerprint density at radius 3 is 1.60 bits per heavy atom. The van der Waals surface area contributed by atoms with Gasteiger partial charge in [-0.3, -0.25) is 0 Å².